The second kappa shape index (κ2) is 6.49. The normalized spacial score (nSPS) is 20.7. The molecule has 0 spiro atoms. The van der Waals surface area contributed by atoms with E-state index >= 15 is 0 Å². The highest BCUT2D eigenvalue weighted by molar-refractivity contribution is 7.19. The van der Waals surface area contributed by atoms with E-state index in [0.29, 0.717) is 24.4 Å². The van der Waals surface area contributed by atoms with Crippen LogP contribution in [0.15, 0.2) is 6.33 Å². The number of carbonyl (C=O) groups is 1. The van der Waals surface area contributed by atoms with Gasteiger partial charge in [-0.2, -0.15) is 0 Å². The van der Waals surface area contributed by atoms with Gasteiger partial charge in [-0.15, -0.1) is 16.4 Å². The molecule has 1 saturated heterocycles. The van der Waals surface area contributed by atoms with Crippen LogP contribution in [0.4, 0.5) is 0 Å². The molecule has 7 nitrogen and oxygen atoms in total. The highest BCUT2D eigenvalue weighted by Gasteiger charge is 2.32. The van der Waals surface area contributed by atoms with Gasteiger partial charge in [0.15, 0.2) is 5.65 Å². The predicted octanol–water partition coefficient (Wildman–Crippen LogP) is 2.54. The summed E-state index contributed by atoms with van der Waals surface area (Å²) in [5.41, 5.74) is 2.45. The van der Waals surface area contributed by atoms with E-state index in [9.17, 15) is 4.79 Å². The van der Waals surface area contributed by atoms with Crippen LogP contribution in [0.5, 0.6) is 0 Å². The van der Waals surface area contributed by atoms with Crippen LogP contribution in [0.3, 0.4) is 0 Å². The van der Waals surface area contributed by atoms with Crippen molar-refractivity contribution in [1.29, 1.82) is 0 Å². The Morgan fingerprint density at radius 3 is 2.82 bits per heavy atom. The third kappa shape index (κ3) is 2.90. The van der Waals surface area contributed by atoms with Crippen LogP contribution in [-0.4, -0.2) is 56.6 Å². The quantitative estimate of drug-likeness (QED) is 0.682. The van der Waals surface area contributed by atoms with E-state index in [4.69, 9.17) is 0 Å². The lowest BCUT2D eigenvalue weighted by Crippen LogP contribution is -2.46. The molecule has 1 atom stereocenters. The van der Waals surface area contributed by atoms with Crippen molar-refractivity contribution >= 4 is 33.1 Å². The van der Waals surface area contributed by atoms with E-state index in [0.717, 1.165) is 41.8 Å². The molecule has 3 aromatic heterocycles. The first-order valence-electron chi connectivity index (χ1n) is 10.1. The summed E-state index contributed by atoms with van der Waals surface area (Å²) in [5.74, 6) is 0.876. The van der Waals surface area contributed by atoms with Gasteiger partial charge in [0.05, 0.1) is 5.39 Å². The lowest BCUT2D eigenvalue weighted by atomic mass is 9.72. The van der Waals surface area contributed by atoms with Crippen molar-refractivity contribution in [2.75, 3.05) is 26.2 Å². The van der Waals surface area contributed by atoms with Crippen LogP contribution in [0.1, 0.15) is 48.3 Å². The summed E-state index contributed by atoms with van der Waals surface area (Å²) in [4.78, 5) is 26.4. The van der Waals surface area contributed by atoms with Crippen LogP contribution in [-0.2, 0) is 12.8 Å². The number of amides is 1. The SMILES string of the molecule is CC(C)(C)C1CCc2c(sc3ncn4nc(C(=O)N5CCNCC5)nc4c23)C1. The molecule has 0 radical (unpaired) electrons. The molecule has 28 heavy (non-hydrogen) atoms. The zero-order valence-electron chi connectivity index (χ0n) is 16.7. The molecule has 1 aliphatic carbocycles. The largest absolute Gasteiger partial charge is 0.333 e. The Balaban J connectivity index is 1.56. The van der Waals surface area contributed by atoms with Crippen molar-refractivity contribution in [1.82, 2.24) is 29.8 Å². The van der Waals surface area contributed by atoms with Gasteiger partial charge in [0, 0.05) is 31.1 Å². The fourth-order valence-corrected chi connectivity index (χ4v) is 5.68. The average molecular weight is 399 g/mol. The number of piperazine rings is 1. The summed E-state index contributed by atoms with van der Waals surface area (Å²) in [5, 5.41) is 8.82. The van der Waals surface area contributed by atoms with Crippen molar-refractivity contribution in [3.05, 3.63) is 22.6 Å². The van der Waals surface area contributed by atoms with Gasteiger partial charge in [0.1, 0.15) is 11.2 Å². The van der Waals surface area contributed by atoms with Crippen molar-refractivity contribution < 1.29 is 4.79 Å². The van der Waals surface area contributed by atoms with E-state index in [1.807, 2.05) is 4.90 Å². The van der Waals surface area contributed by atoms with Crippen molar-refractivity contribution in [3.8, 4) is 0 Å². The Bertz CT molecular complexity index is 1060. The molecule has 8 heteroatoms. The van der Waals surface area contributed by atoms with E-state index in [-0.39, 0.29) is 11.7 Å². The van der Waals surface area contributed by atoms with E-state index in [1.54, 1.807) is 22.2 Å². The molecule has 5 rings (SSSR count). The summed E-state index contributed by atoms with van der Waals surface area (Å²) >= 11 is 1.78. The van der Waals surface area contributed by atoms with E-state index in [2.05, 4.69) is 41.2 Å². The molecule has 1 N–H and O–H groups in total. The zero-order chi connectivity index (χ0) is 19.5. The standard InChI is InChI=1S/C20H26N6OS/c1-20(2,3)12-4-5-13-14(10-12)28-18-15(13)17-23-16(24-26(17)11-22-18)19(27)25-8-6-21-7-9-25/h11-12,21H,4-10H2,1-3H3. The van der Waals surface area contributed by atoms with Gasteiger partial charge in [-0.05, 0) is 36.2 Å². The first-order chi connectivity index (χ1) is 13.4. The number of aryl methyl sites for hydroxylation is 1. The van der Waals surface area contributed by atoms with Crippen molar-refractivity contribution in [3.63, 3.8) is 0 Å². The summed E-state index contributed by atoms with van der Waals surface area (Å²) < 4.78 is 1.68. The number of fused-ring (bicyclic) bond motifs is 5. The van der Waals surface area contributed by atoms with Gasteiger partial charge in [-0.3, -0.25) is 4.79 Å². The molecule has 0 bridgehead atoms. The van der Waals surface area contributed by atoms with Crippen LogP contribution < -0.4 is 5.32 Å². The fourth-order valence-electron chi connectivity index (χ4n) is 4.41. The minimum absolute atomic E-state index is 0.0877. The monoisotopic (exact) mass is 398 g/mol. The third-order valence-electron chi connectivity index (χ3n) is 6.21. The molecular formula is C20H26N6OS. The predicted molar refractivity (Wildman–Crippen MR) is 110 cm³/mol. The number of hydrogen-bond acceptors (Lipinski definition) is 6. The number of carbonyl (C=O) groups excluding carboxylic acids is 1. The summed E-state index contributed by atoms with van der Waals surface area (Å²) in [7, 11) is 0. The van der Waals surface area contributed by atoms with Gasteiger partial charge in [-0.25, -0.2) is 14.5 Å². The molecule has 1 unspecified atom stereocenters. The van der Waals surface area contributed by atoms with Crippen LogP contribution in [0, 0.1) is 11.3 Å². The first kappa shape index (κ1) is 18.0. The number of rotatable bonds is 1. The van der Waals surface area contributed by atoms with Crippen molar-refractivity contribution in [2.45, 2.75) is 40.0 Å². The number of hydrogen-bond donors (Lipinski definition) is 1. The Morgan fingerprint density at radius 1 is 1.29 bits per heavy atom. The number of aromatic nitrogens is 4. The van der Waals surface area contributed by atoms with Crippen molar-refractivity contribution in [2.24, 2.45) is 11.3 Å². The average Bonchev–Trinajstić information content (AvgIpc) is 3.27. The number of nitrogens with one attached hydrogen (secondary N) is 1. The van der Waals surface area contributed by atoms with Gasteiger partial charge in [0.2, 0.25) is 5.82 Å². The maximum absolute atomic E-state index is 12.8. The topological polar surface area (TPSA) is 75.4 Å². The summed E-state index contributed by atoms with van der Waals surface area (Å²) in [6, 6.07) is 0. The Hall–Kier alpha value is -2.06. The molecule has 1 fully saturated rings. The van der Waals surface area contributed by atoms with Crippen LogP contribution in [0.2, 0.25) is 0 Å². The summed E-state index contributed by atoms with van der Waals surface area (Å²) in [6.07, 6.45) is 5.03. The number of thiophene rings is 1. The molecule has 2 aliphatic rings. The fraction of sp³-hybridized carbons (Fsp3) is 0.600. The Kier molecular flexibility index (Phi) is 4.17. The molecule has 3 aromatic rings. The molecule has 4 heterocycles. The van der Waals surface area contributed by atoms with E-state index in [1.165, 1.54) is 16.9 Å². The second-order valence-corrected chi connectivity index (χ2v) is 10.1. The highest BCUT2D eigenvalue weighted by Crippen LogP contribution is 2.43. The van der Waals surface area contributed by atoms with E-state index < -0.39 is 0 Å². The minimum atomic E-state index is -0.0877. The molecular weight excluding hydrogens is 372 g/mol. The molecule has 0 aromatic carbocycles. The smallest absolute Gasteiger partial charge is 0.293 e. The zero-order valence-corrected chi connectivity index (χ0v) is 17.5. The second-order valence-electron chi connectivity index (χ2n) is 8.98. The van der Waals surface area contributed by atoms with Gasteiger partial charge < -0.3 is 10.2 Å². The maximum atomic E-state index is 12.8. The van der Waals surface area contributed by atoms with Gasteiger partial charge in [-0.1, -0.05) is 20.8 Å². The van der Waals surface area contributed by atoms with Gasteiger partial charge >= 0.3 is 0 Å². The third-order valence-corrected chi connectivity index (χ3v) is 7.37. The summed E-state index contributed by atoms with van der Waals surface area (Å²) in [6.45, 7) is 10.0. The Labute approximate surface area is 168 Å². The molecule has 1 amide bonds. The number of nitrogens with zero attached hydrogens (tertiary/aromatic N) is 5. The Morgan fingerprint density at radius 2 is 2.07 bits per heavy atom. The molecule has 0 saturated carbocycles. The lowest BCUT2D eigenvalue weighted by molar-refractivity contribution is 0.0723. The highest BCUT2D eigenvalue weighted by atomic mass is 32.1. The minimum Gasteiger partial charge on any atom is -0.333 e. The molecule has 148 valence electrons. The first-order valence-corrected chi connectivity index (χ1v) is 10.9. The molecule has 1 aliphatic heterocycles. The van der Waals surface area contributed by atoms with Gasteiger partial charge in [0.25, 0.3) is 5.91 Å². The lowest BCUT2D eigenvalue weighted by Gasteiger charge is -2.33. The maximum Gasteiger partial charge on any atom is 0.293 e. The van der Waals surface area contributed by atoms with Crippen LogP contribution in [0.25, 0.3) is 15.9 Å². The van der Waals surface area contributed by atoms with Crippen LogP contribution >= 0.6 is 11.3 Å².